The first-order valence-corrected chi connectivity index (χ1v) is 7.15. The van der Waals surface area contributed by atoms with Crippen molar-refractivity contribution in [3.05, 3.63) is 59.3 Å². The molecule has 0 radical (unpaired) electrons. The number of para-hydroxylation sites is 1. The number of esters is 1. The zero-order valence-corrected chi connectivity index (χ0v) is 13.1. The van der Waals surface area contributed by atoms with E-state index in [1.54, 1.807) is 49.6 Å². The number of carbonyl (C=O) groups excluding carboxylic acids is 1. The maximum atomic E-state index is 12.0. The third-order valence-electron chi connectivity index (χ3n) is 3.47. The van der Waals surface area contributed by atoms with Crippen LogP contribution < -0.4 is 9.47 Å². The summed E-state index contributed by atoms with van der Waals surface area (Å²) in [5.41, 5.74) is 1.21. The first-order valence-electron chi connectivity index (χ1n) is 7.15. The Kier molecular flexibility index (Phi) is 4.20. The topological polar surface area (TPSA) is 77.4 Å². The zero-order chi connectivity index (χ0) is 17.1. The largest absolute Gasteiger partial charge is 0.507 e. The molecule has 0 bridgehead atoms. The fraction of sp³-hybridized carbons (Fsp3) is 0.111. The lowest BCUT2D eigenvalue weighted by atomic mass is 10.1. The number of cyclic esters (lactones) is 1. The Hall–Kier alpha value is -3.28. The Labute approximate surface area is 138 Å². The van der Waals surface area contributed by atoms with E-state index in [9.17, 15) is 9.90 Å². The normalized spacial score (nSPS) is 15.2. The number of rotatable bonds is 4. The minimum absolute atomic E-state index is 0.00332. The standard InChI is InChI=1S/C18H15NO5/c1-22-15-8-7-11(10-16(15)23-2)9-13-18(21)24-17(19-13)12-5-3-4-6-14(12)20/h3-10,20H,1-2H3. The fourth-order valence-electron chi connectivity index (χ4n) is 2.28. The van der Waals surface area contributed by atoms with Crippen LogP contribution in [0.2, 0.25) is 0 Å². The third-order valence-corrected chi connectivity index (χ3v) is 3.47. The van der Waals surface area contributed by atoms with E-state index < -0.39 is 5.97 Å². The molecule has 24 heavy (non-hydrogen) atoms. The lowest BCUT2D eigenvalue weighted by Crippen LogP contribution is -2.05. The summed E-state index contributed by atoms with van der Waals surface area (Å²) >= 11 is 0. The van der Waals surface area contributed by atoms with Gasteiger partial charge in [0.05, 0.1) is 19.8 Å². The van der Waals surface area contributed by atoms with Gasteiger partial charge in [-0.25, -0.2) is 9.79 Å². The van der Waals surface area contributed by atoms with Crippen molar-refractivity contribution in [1.82, 2.24) is 0 Å². The molecule has 1 aliphatic rings. The van der Waals surface area contributed by atoms with Crippen LogP contribution in [0.15, 0.2) is 53.2 Å². The highest BCUT2D eigenvalue weighted by Gasteiger charge is 2.25. The molecule has 0 aromatic heterocycles. The van der Waals surface area contributed by atoms with E-state index in [0.29, 0.717) is 22.6 Å². The Morgan fingerprint density at radius 1 is 1.08 bits per heavy atom. The number of aliphatic imine (C=N–C) groups is 1. The van der Waals surface area contributed by atoms with Gasteiger partial charge in [0.1, 0.15) is 5.75 Å². The van der Waals surface area contributed by atoms with Crippen LogP contribution >= 0.6 is 0 Å². The minimum atomic E-state index is -0.581. The molecule has 122 valence electrons. The van der Waals surface area contributed by atoms with Gasteiger partial charge in [0.15, 0.2) is 17.2 Å². The summed E-state index contributed by atoms with van der Waals surface area (Å²) in [4.78, 5) is 16.2. The predicted octanol–water partition coefficient (Wildman–Crippen LogP) is 2.75. The summed E-state index contributed by atoms with van der Waals surface area (Å²) in [5, 5.41) is 9.84. The molecule has 2 aromatic carbocycles. The monoisotopic (exact) mass is 325 g/mol. The van der Waals surface area contributed by atoms with Crippen LogP contribution in [-0.4, -0.2) is 31.2 Å². The number of ether oxygens (including phenoxy) is 3. The SMILES string of the molecule is COc1ccc(C=C2N=C(c3ccccc3O)OC2=O)cc1OC. The number of nitrogens with zero attached hydrogens (tertiary/aromatic N) is 1. The Morgan fingerprint density at radius 2 is 1.83 bits per heavy atom. The Bertz CT molecular complexity index is 854. The van der Waals surface area contributed by atoms with Gasteiger partial charge in [-0.05, 0) is 35.9 Å². The zero-order valence-electron chi connectivity index (χ0n) is 13.1. The second kappa shape index (κ2) is 6.45. The van der Waals surface area contributed by atoms with Gasteiger partial charge in [-0.1, -0.05) is 18.2 Å². The summed E-state index contributed by atoms with van der Waals surface area (Å²) in [7, 11) is 3.08. The van der Waals surface area contributed by atoms with Gasteiger partial charge in [0.2, 0.25) is 5.90 Å². The second-order valence-corrected chi connectivity index (χ2v) is 4.97. The first-order chi connectivity index (χ1) is 11.6. The van der Waals surface area contributed by atoms with Crippen LogP contribution in [0.3, 0.4) is 0 Å². The minimum Gasteiger partial charge on any atom is -0.507 e. The average molecular weight is 325 g/mol. The molecule has 0 atom stereocenters. The maximum absolute atomic E-state index is 12.0. The van der Waals surface area contributed by atoms with Crippen molar-refractivity contribution in [2.45, 2.75) is 0 Å². The van der Waals surface area contributed by atoms with E-state index in [1.165, 1.54) is 13.2 Å². The van der Waals surface area contributed by atoms with Crippen molar-refractivity contribution >= 4 is 17.9 Å². The summed E-state index contributed by atoms with van der Waals surface area (Å²) in [6, 6.07) is 11.8. The quantitative estimate of drug-likeness (QED) is 0.691. The van der Waals surface area contributed by atoms with Crippen LogP contribution in [0.4, 0.5) is 0 Å². The number of hydrogen-bond donors (Lipinski definition) is 1. The van der Waals surface area contributed by atoms with Gasteiger partial charge in [-0.2, -0.15) is 0 Å². The summed E-state index contributed by atoms with van der Waals surface area (Å²) < 4.78 is 15.6. The lowest BCUT2D eigenvalue weighted by Gasteiger charge is -2.07. The molecule has 1 aliphatic heterocycles. The smallest absolute Gasteiger partial charge is 0.363 e. The molecule has 0 unspecified atom stereocenters. The average Bonchev–Trinajstić information content (AvgIpc) is 2.95. The van der Waals surface area contributed by atoms with Gasteiger partial charge in [0.25, 0.3) is 0 Å². The third kappa shape index (κ3) is 2.94. The molecule has 0 spiro atoms. The van der Waals surface area contributed by atoms with E-state index >= 15 is 0 Å². The molecule has 6 nitrogen and oxygen atoms in total. The van der Waals surface area contributed by atoms with Gasteiger partial charge in [-0.15, -0.1) is 0 Å². The van der Waals surface area contributed by atoms with Crippen molar-refractivity contribution in [3.8, 4) is 17.2 Å². The number of phenolic OH excluding ortho intramolecular Hbond substituents is 1. The van der Waals surface area contributed by atoms with E-state index in [4.69, 9.17) is 14.2 Å². The maximum Gasteiger partial charge on any atom is 0.363 e. The molecule has 1 heterocycles. The number of phenols is 1. The van der Waals surface area contributed by atoms with Gasteiger partial charge in [-0.3, -0.25) is 0 Å². The predicted molar refractivity (Wildman–Crippen MR) is 88.3 cm³/mol. The molecule has 0 amide bonds. The van der Waals surface area contributed by atoms with Crippen molar-refractivity contribution in [2.75, 3.05) is 14.2 Å². The number of carbonyl (C=O) groups is 1. The molecule has 0 aliphatic carbocycles. The van der Waals surface area contributed by atoms with E-state index in [0.717, 1.165) is 0 Å². The summed E-state index contributed by atoms with van der Waals surface area (Å²) in [6.45, 7) is 0. The molecule has 1 N–H and O–H groups in total. The first kappa shape index (κ1) is 15.6. The number of benzene rings is 2. The molecule has 0 saturated heterocycles. The van der Waals surface area contributed by atoms with Crippen LogP contribution in [0.5, 0.6) is 17.2 Å². The molecule has 2 aromatic rings. The molecular weight excluding hydrogens is 310 g/mol. The highest BCUT2D eigenvalue weighted by atomic mass is 16.6. The highest BCUT2D eigenvalue weighted by molar-refractivity contribution is 6.13. The van der Waals surface area contributed by atoms with Gasteiger partial charge in [0, 0.05) is 0 Å². The number of hydrogen-bond acceptors (Lipinski definition) is 6. The van der Waals surface area contributed by atoms with Crippen molar-refractivity contribution < 1.29 is 24.1 Å². The molecule has 0 saturated carbocycles. The second-order valence-electron chi connectivity index (χ2n) is 4.97. The Balaban J connectivity index is 1.96. The van der Waals surface area contributed by atoms with Crippen LogP contribution in [0.1, 0.15) is 11.1 Å². The van der Waals surface area contributed by atoms with Gasteiger partial charge < -0.3 is 19.3 Å². The highest BCUT2D eigenvalue weighted by Crippen LogP contribution is 2.29. The Morgan fingerprint density at radius 3 is 2.54 bits per heavy atom. The van der Waals surface area contributed by atoms with Crippen molar-refractivity contribution in [3.63, 3.8) is 0 Å². The van der Waals surface area contributed by atoms with E-state index in [2.05, 4.69) is 4.99 Å². The van der Waals surface area contributed by atoms with Crippen molar-refractivity contribution in [2.24, 2.45) is 4.99 Å². The molecule has 3 rings (SSSR count). The van der Waals surface area contributed by atoms with Crippen molar-refractivity contribution in [1.29, 1.82) is 0 Å². The molecule has 0 fully saturated rings. The van der Waals surface area contributed by atoms with Gasteiger partial charge >= 0.3 is 5.97 Å². The van der Waals surface area contributed by atoms with E-state index in [-0.39, 0.29) is 17.3 Å². The van der Waals surface area contributed by atoms with Crippen LogP contribution in [-0.2, 0) is 9.53 Å². The molecule has 6 heteroatoms. The lowest BCUT2D eigenvalue weighted by molar-refractivity contribution is -0.129. The summed E-state index contributed by atoms with van der Waals surface area (Å²) in [5.74, 6) is 0.624. The fourth-order valence-corrected chi connectivity index (χ4v) is 2.28. The van der Waals surface area contributed by atoms with Crippen LogP contribution in [0.25, 0.3) is 6.08 Å². The van der Waals surface area contributed by atoms with Crippen LogP contribution in [0, 0.1) is 0 Å². The molecular formula is C18H15NO5. The number of methoxy groups -OCH3 is 2. The number of aromatic hydroxyl groups is 1. The summed E-state index contributed by atoms with van der Waals surface area (Å²) in [6.07, 6.45) is 1.58. The van der Waals surface area contributed by atoms with E-state index in [1.807, 2.05) is 0 Å².